The Bertz CT molecular complexity index is 1330. The Hall–Kier alpha value is -2.97. The van der Waals surface area contributed by atoms with Gasteiger partial charge in [0, 0.05) is 22.2 Å². The van der Waals surface area contributed by atoms with Crippen LogP contribution in [0.3, 0.4) is 0 Å². The van der Waals surface area contributed by atoms with Crippen LogP contribution in [0.25, 0.3) is 21.3 Å². The molecule has 0 aliphatic carbocycles. The van der Waals surface area contributed by atoms with Gasteiger partial charge in [-0.2, -0.15) is 0 Å². The molecule has 0 amide bonds. The number of aromatic nitrogens is 3. The summed E-state index contributed by atoms with van der Waals surface area (Å²) in [5.41, 5.74) is 3.93. The molecule has 0 radical (unpaired) electrons. The summed E-state index contributed by atoms with van der Waals surface area (Å²) in [7, 11) is 0. The van der Waals surface area contributed by atoms with Crippen molar-refractivity contribution >= 4 is 44.9 Å². The maximum absolute atomic E-state index is 12.7. The van der Waals surface area contributed by atoms with Crippen molar-refractivity contribution in [1.29, 1.82) is 0 Å². The molecule has 2 N–H and O–H groups in total. The molecule has 4 rings (SSSR count). The van der Waals surface area contributed by atoms with Gasteiger partial charge in [-0.1, -0.05) is 42.1 Å². The standard InChI is InChI=1S/C22H19N3O3S2/c1-11-17(13(3)26)12(2)23-19(11)16(27)10-30-22-24-20(28)18-15(9-29-21(18)25-22)14-7-5-4-6-8-14/h4-9,23H,10H2,1-3H3,(H,24,25,28). The van der Waals surface area contributed by atoms with E-state index >= 15 is 0 Å². The average molecular weight is 438 g/mol. The third-order valence-corrected chi connectivity index (χ3v) is 6.66. The smallest absolute Gasteiger partial charge is 0.260 e. The summed E-state index contributed by atoms with van der Waals surface area (Å²) < 4.78 is 0. The number of Topliss-reactive ketones (excluding diaryl/α,β-unsaturated/α-hetero) is 2. The minimum Gasteiger partial charge on any atom is -0.355 e. The lowest BCUT2D eigenvalue weighted by molar-refractivity contribution is 0.101. The van der Waals surface area contributed by atoms with Gasteiger partial charge >= 0.3 is 0 Å². The maximum atomic E-state index is 12.7. The number of thiophene rings is 1. The molecule has 6 nitrogen and oxygen atoms in total. The Kier molecular flexibility index (Phi) is 5.44. The summed E-state index contributed by atoms with van der Waals surface area (Å²) in [6, 6.07) is 9.70. The summed E-state index contributed by atoms with van der Waals surface area (Å²) in [6.07, 6.45) is 0. The molecule has 152 valence electrons. The zero-order chi connectivity index (χ0) is 21.4. The quantitative estimate of drug-likeness (QED) is 0.257. The van der Waals surface area contributed by atoms with Gasteiger partial charge in [0.15, 0.2) is 16.7 Å². The Morgan fingerprint density at radius 1 is 1.13 bits per heavy atom. The molecule has 3 heterocycles. The van der Waals surface area contributed by atoms with Crippen LogP contribution < -0.4 is 5.56 Å². The van der Waals surface area contributed by atoms with E-state index in [0.29, 0.717) is 37.9 Å². The van der Waals surface area contributed by atoms with Gasteiger partial charge in [-0.3, -0.25) is 14.4 Å². The first-order chi connectivity index (χ1) is 14.4. The molecular weight excluding hydrogens is 418 g/mol. The van der Waals surface area contributed by atoms with Gasteiger partial charge in [0.25, 0.3) is 5.56 Å². The van der Waals surface area contributed by atoms with Crippen LogP contribution in [0.5, 0.6) is 0 Å². The monoisotopic (exact) mass is 437 g/mol. The van der Waals surface area contributed by atoms with E-state index in [9.17, 15) is 14.4 Å². The summed E-state index contributed by atoms with van der Waals surface area (Å²) >= 11 is 2.58. The highest BCUT2D eigenvalue weighted by atomic mass is 32.2. The minimum absolute atomic E-state index is 0.0729. The summed E-state index contributed by atoms with van der Waals surface area (Å²) in [5.74, 6) is -0.118. The van der Waals surface area contributed by atoms with Crippen molar-refractivity contribution in [1.82, 2.24) is 15.0 Å². The number of H-pyrrole nitrogens is 2. The SMILES string of the molecule is CC(=O)c1c(C)[nH]c(C(=O)CSc2nc3scc(-c4ccccc4)c3c(=O)[nH]2)c1C. The van der Waals surface area contributed by atoms with Gasteiger partial charge in [0.2, 0.25) is 0 Å². The number of nitrogens with one attached hydrogen (secondary N) is 2. The predicted molar refractivity (Wildman–Crippen MR) is 121 cm³/mol. The van der Waals surface area contributed by atoms with Gasteiger partial charge in [-0.05, 0) is 31.9 Å². The molecule has 0 saturated heterocycles. The van der Waals surface area contributed by atoms with Crippen LogP contribution in [0.4, 0.5) is 0 Å². The van der Waals surface area contributed by atoms with Crippen LogP contribution in [0, 0.1) is 13.8 Å². The van der Waals surface area contributed by atoms with Crippen LogP contribution >= 0.6 is 23.1 Å². The second kappa shape index (κ2) is 8.04. The largest absolute Gasteiger partial charge is 0.355 e. The Balaban J connectivity index is 1.58. The number of aryl methyl sites for hydroxylation is 1. The van der Waals surface area contributed by atoms with Crippen molar-refractivity contribution in [2.75, 3.05) is 5.75 Å². The Morgan fingerprint density at radius 3 is 2.53 bits per heavy atom. The van der Waals surface area contributed by atoms with Crippen LogP contribution in [-0.4, -0.2) is 32.3 Å². The van der Waals surface area contributed by atoms with Gasteiger partial charge in [0.1, 0.15) is 4.83 Å². The number of benzene rings is 1. The molecule has 1 aromatic carbocycles. The number of aromatic amines is 2. The van der Waals surface area contributed by atoms with Gasteiger partial charge in [-0.15, -0.1) is 11.3 Å². The lowest BCUT2D eigenvalue weighted by atomic mass is 10.1. The molecule has 8 heteroatoms. The number of fused-ring (bicyclic) bond motifs is 1. The average Bonchev–Trinajstić information content (AvgIpc) is 3.27. The molecule has 0 fully saturated rings. The highest BCUT2D eigenvalue weighted by molar-refractivity contribution is 7.99. The zero-order valence-electron chi connectivity index (χ0n) is 16.7. The second-order valence-corrected chi connectivity index (χ2v) is 8.78. The van der Waals surface area contributed by atoms with Crippen LogP contribution in [0.2, 0.25) is 0 Å². The molecule has 0 unspecified atom stereocenters. The van der Waals surface area contributed by atoms with E-state index in [0.717, 1.165) is 11.1 Å². The number of thioether (sulfide) groups is 1. The zero-order valence-corrected chi connectivity index (χ0v) is 18.3. The molecular formula is C22H19N3O3S2. The van der Waals surface area contributed by atoms with Crippen LogP contribution in [0.15, 0.2) is 45.7 Å². The molecule has 0 bridgehead atoms. The van der Waals surface area contributed by atoms with Crippen LogP contribution in [-0.2, 0) is 0 Å². The molecule has 0 aliphatic rings. The van der Waals surface area contributed by atoms with Crippen molar-refractivity contribution < 1.29 is 9.59 Å². The number of carbonyl (C=O) groups is 2. The lowest BCUT2D eigenvalue weighted by Gasteiger charge is -2.03. The van der Waals surface area contributed by atoms with Crippen molar-refractivity contribution in [3.63, 3.8) is 0 Å². The van der Waals surface area contributed by atoms with Crippen molar-refractivity contribution in [3.05, 3.63) is 68.6 Å². The van der Waals surface area contributed by atoms with E-state index in [4.69, 9.17) is 0 Å². The molecule has 0 spiro atoms. The number of hydrogen-bond donors (Lipinski definition) is 2. The lowest BCUT2D eigenvalue weighted by Crippen LogP contribution is -2.11. The first-order valence-electron chi connectivity index (χ1n) is 9.30. The Labute approximate surface area is 180 Å². The van der Waals surface area contributed by atoms with E-state index in [1.807, 2.05) is 35.7 Å². The topological polar surface area (TPSA) is 95.7 Å². The normalized spacial score (nSPS) is 11.2. The fourth-order valence-corrected chi connectivity index (χ4v) is 5.33. The Morgan fingerprint density at radius 2 is 1.87 bits per heavy atom. The number of hydrogen-bond acceptors (Lipinski definition) is 6. The van der Waals surface area contributed by atoms with E-state index in [1.165, 1.54) is 30.0 Å². The summed E-state index contributed by atoms with van der Waals surface area (Å²) in [4.78, 5) is 48.2. The van der Waals surface area contributed by atoms with Crippen molar-refractivity contribution in [2.24, 2.45) is 0 Å². The fourth-order valence-electron chi connectivity index (χ4n) is 3.59. The van der Waals surface area contributed by atoms with Gasteiger partial charge in [-0.25, -0.2) is 4.98 Å². The number of ketones is 2. The second-order valence-electron chi connectivity index (χ2n) is 6.96. The van der Waals surface area contributed by atoms with E-state index in [-0.39, 0.29) is 22.9 Å². The molecule has 4 aromatic rings. The van der Waals surface area contributed by atoms with E-state index in [2.05, 4.69) is 15.0 Å². The number of nitrogens with zero attached hydrogens (tertiary/aromatic N) is 1. The molecule has 0 atom stereocenters. The predicted octanol–water partition coefficient (Wildman–Crippen LogP) is 4.77. The van der Waals surface area contributed by atoms with E-state index < -0.39 is 0 Å². The van der Waals surface area contributed by atoms with Crippen molar-refractivity contribution in [3.8, 4) is 11.1 Å². The highest BCUT2D eigenvalue weighted by Crippen LogP contribution is 2.31. The molecule has 0 saturated carbocycles. The molecule has 0 aliphatic heterocycles. The first kappa shape index (κ1) is 20.3. The minimum atomic E-state index is -0.221. The van der Waals surface area contributed by atoms with Crippen LogP contribution in [0.1, 0.15) is 39.0 Å². The number of rotatable bonds is 6. The van der Waals surface area contributed by atoms with Gasteiger partial charge in [0.05, 0.1) is 16.8 Å². The first-order valence-corrected chi connectivity index (χ1v) is 11.2. The van der Waals surface area contributed by atoms with E-state index in [1.54, 1.807) is 13.8 Å². The summed E-state index contributed by atoms with van der Waals surface area (Å²) in [5, 5.41) is 2.88. The fraction of sp³-hybridized carbons (Fsp3) is 0.182. The van der Waals surface area contributed by atoms with Crippen molar-refractivity contribution in [2.45, 2.75) is 25.9 Å². The third kappa shape index (κ3) is 3.64. The molecule has 30 heavy (non-hydrogen) atoms. The van der Waals surface area contributed by atoms with Gasteiger partial charge < -0.3 is 9.97 Å². The number of carbonyl (C=O) groups excluding carboxylic acids is 2. The third-order valence-electron chi connectivity index (χ3n) is 4.92. The molecule has 3 aromatic heterocycles. The summed E-state index contributed by atoms with van der Waals surface area (Å²) in [6.45, 7) is 5.03. The maximum Gasteiger partial charge on any atom is 0.260 e. The highest BCUT2D eigenvalue weighted by Gasteiger charge is 2.20.